The number of amides is 1. The molecule has 6 nitrogen and oxygen atoms in total. The number of rotatable bonds is 4. The molecule has 3 N–H and O–H groups in total. The van der Waals surface area contributed by atoms with E-state index in [4.69, 9.17) is 5.84 Å². The quantitative estimate of drug-likeness (QED) is 0.472. The van der Waals surface area contributed by atoms with Crippen LogP contribution in [0.2, 0.25) is 0 Å². The van der Waals surface area contributed by atoms with E-state index in [2.05, 4.69) is 38.1 Å². The first-order chi connectivity index (χ1) is 9.06. The second-order valence-electron chi connectivity index (χ2n) is 3.82. The van der Waals surface area contributed by atoms with Crippen molar-refractivity contribution in [1.29, 1.82) is 0 Å². The molecule has 0 saturated heterocycles. The summed E-state index contributed by atoms with van der Waals surface area (Å²) in [6, 6.07) is 5.86. The Labute approximate surface area is 128 Å². The number of nitrogens with zero attached hydrogens (tertiary/aromatic N) is 3. The van der Waals surface area contributed by atoms with Gasteiger partial charge < -0.3 is 11.2 Å². The molecule has 2 rings (SSSR count). The molecule has 2 aromatic rings. The molecular weight excluding hydrogens is 377 g/mol. The Kier molecular flexibility index (Phi) is 4.64. The lowest BCUT2D eigenvalue weighted by Gasteiger charge is -2.08. The number of anilines is 1. The zero-order valence-corrected chi connectivity index (χ0v) is 13.1. The van der Waals surface area contributed by atoms with Crippen LogP contribution in [0.3, 0.4) is 0 Å². The fourth-order valence-electron chi connectivity index (χ4n) is 1.42. The molecule has 0 aliphatic carbocycles. The van der Waals surface area contributed by atoms with Crippen LogP contribution in [0.5, 0.6) is 0 Å². The summed E-state index contributed by atoms with van der Waals surface area (Å²) in [6.07, 6.45) is 1.39. The minimum Gasteiger partial charge on any atom is -0.336 e. The maximum Gasteiger partial charge on any atom is 0.234 e. The van der Waals surface area contributed by atoms with Crippen molar-refractivity contribution in [2.75, 3.05) is 16.9 Å². The predicted octanol–water partition coefficient (Wildman–Crippen LogP) is 1.64. The van der Waals surface area contributed by atoms with E-state index in [9.17, 15) is 4.79 Å². The Morgan fingerprint density at radius 1 is 1.58 bits per heavy atom. The summed E-state index contributed by atoms with van der Waals surface area (Å²) in [5.41, 5.74) is 1.85. The molecule has 0 unspecified atom stereocenters. The van der Waals surface area contributed by atoms with Gasteiger partial charge in [0.25, 0.3) is 0 Å². The Morgan fingerprint density at radius 3 is 3.00 bits per heavy atom. The van der Waals surface area contributed by atoms with Gasteiger partial charge in [0.2, 0.25) is 11.1 Å². The number of aryl methyl sites for hydroxylation is 1. The maximum absolute atomic E-state index is 11.8. The third kappa shape index (κ3) is 3.83. The van der Waals surface area contributed by atoms with Crippen molar-refractivity contribution in [3.8, 4) is 0 Å². The van der Waals surface area contributed by atoms with E-state index in [1.54, 1.807) is 0 Å². The van der Waals surface area contributed by atoms with Gasteiger partial charge in [0.05, 0.1) is 5.75 Å². The van der Waals surface area contributed by atoms with Crippen LogP contribution >= 0.6 is 34.4 Å². The van der Waals surface area contributed by atoms with Crippen LogP contribution in [0.25, 0.3) is 0 Å². The molecule has 0 aliphatic heterocycles. The predicted molar refractivity (Wildman–Crippen MR) is 83.4 cm³/mol. The monoisotopic (exact) mass is 389 g/mol. The minimum atomic E-state index is -0.0997. The van der Waals surface area contributed by atoms with Gasteiger partial charge >= 0.3 is 0 Å². The van der Waals surface area contributed by atoms with Gasteiger partial charge in [-0.15, -0.1) is 10.2 Å². The molecular formula is C11H12IN5OS. The molecule has 100 valence electrons. The molecule has 0 spiro atoms. The molecule has 0 fully saturated rings. The highest BCUT2D eigenvalue weighted by Crippen LogP contribution is 2.19. The van der Waals surface area contributed by atoms with Crippen molar-refractivity contribution < 1.29 is 4.79 Å². The third-order valence-electron chi connectivity index (χ3n) is 2.34. The van der Waals surface area contributed by atoms with Crippen molar-refractivity contribution in [3.63, 3.8) is 0 Å². The number of nitrogens with two attached hydrogens (primary N) is 1. The minimum absolute atomic E-state index is 0.0997. The Hall–Kier alpha value is -1.29. The lowest BCUT2D eigenvalue weighted by molar-refractivity contribution is -0.113. The van der Waals surface area contributed by atoms with E-state index in [1.807, 2.05) is 25.1 Å². The first-order valence-electron chi connectivity index (χ1n) is 5.40. The topological polar surface area (TPSA) is 85.8 Å². The lowest BCUT2D eigenvalue weighted by Crippen LogP contribution is -2.16. The maximum atomic E-state index is 11.8. The van der Waals surface area contributed by atoms with Crippen LogP contribution in [0, 0.1) is 10.5 Å². The molecule has 0 atom stereocenters. The van der Waals surface area contributed by atoms with E-state index in [-0.39, 0.29) is 11.7 Å². The van der Waals surface area contributed by atoms with Crippen LogP contribution in [0.1, 0.15) is 5.56 Å². The van der Waals surface area contributed by atoms with E-state index in [1.165, 1.54) is 22.8 Å². The summed E-state index contributed by atoms with van der Waals surface area (Å²) in [5.74, 6) is 5.70. The Balaban J connectivity index is 1.93. The van der Waals surface area contributed by atoms with E-state index in [0.29, 0.717) is 5.16 Å². The molecule has 1 aromatic heterocycles. The van der Waals surface area contributed by atoms with Gasteiger partial charge in [0.15, 0.2) is 0 Å². The number of carbonyl (C=O) groups excluding carboxylic acids is 1. The summed E-state index contributed by atoms with van der Waals surface area (Å²) in [6.45, 7) is 1.96. The van der Waals surface area contributed by atoms with Crippen LogP contribution in [0.4, 0.5) is 5.69 Å². The highest BCUT2D eigenvalue weighted by atomic mass is 127. The second kappa shape index (κ2) is 6.24. The molecule has 0 radical (unpaired) electrons. The molecule has 0 saturated carbocycles. The van der Waals surface area contributed by atoms with Gasteiger partial charge in [-0.3, -0.25) is 4.79 Å². The summed E-state index contributed by atoms with van der Waals surface area (Å²) in [7, 11) is 0. The fraction of sp³-hybridized carbons (Fsp3) is 0.182. The van der Waals surface area contributed by atoms with Crippen molar-refractivity contribution in [1.82, 2.24) is 14.9 Å². The standard InChI is InChI=1S/C11H12IN5OS/c1-7-4-8(12)2-3-9(7)15-10(18)5-19-11-16-14-6-17(11)13/h2-4,6H,5,13H2,1H3,(H,15,18). The van der Waals surface area contributed by atoms with Crippen LogP contribution < -0.4 is 11.2 Å². The number of hydrogen-bond donors (Lipinski definition) is 2. The van der Waals surface area contributed by atoms with Crippen molar-refractivity contribution in [2.24, 2.45) is 0 Å². The first kappa shape index (κ1) is 14.1. The van der Waals surface area contributed by atoms with Crippen LogP contribution in [-0.4, -0.2) is 26.5 Å². The summed E-state index contributed by atoms with van der Waals surface area (Å²) < 4.78 is 2.42. The number of aromatic nitrogens is 3. The van der Waals surface area contributed by atoms with E-state index >= 15 is 0 Å². The zero-order valence-electron chi connectivity index (χ0n) is 10.1. The Morgan fingerprint density at radius 2 is 2.37 bits per heavy atom. The SMILES string of the molecule is Cc1cc(I)ccc1NC(=O)CSc1nncn1N. The molecule has 1 heterocycles. The third-order valence-corrected chi connectivity index (χ3v) is 3.96. The number of nitrogen functional groups attached to an aromatic ring is 1. The smallest absolute Gasteiger partial charge is 0.234 e. The van der Waals surface area contributed by atoms with Gasteiger partial charge in [-0.2, -0.15) is 0 Å². The van der Waals surface area contributed by atoms with E-state index in [0.717, 1.165) is 14.8 Å². The number of halogens is 1. The highest BCUT2D eigenvalue weighted by molar-refractivity contribution is 14.1. The summed E-state index contributed by atoms with van der Waals surface area (Å²) in [4.78, 5) is 11.8. The van der Waals surface area contributed by atoms with Crippen LogP contribution in [0.15, 0.2) is 29.7 Å². The largest absolute Gasteiger partial charge is 0.336 e. The van der Waals surface area contributed by atoms with E-state index < -0.39 is 0 Å². The van der Waals surface area contributed by atoms with Crippen molar-refractivity contribution >= 4 is 45.9 Å². The van der Waals surface area contributed by atoms with Crippen molar-refractivity contribution in [2.45, 2.75) is 12.1 Å². The van der Waals surface area contributed by atoms with Crippen molar-refractivity contribution in [3.05, 3.63) is 33.7 Å². The number of thioether (sulfide) groups is 1. The summed E-state index contributed by atoms with van der Waals surface area (Å²) >= 11 is 3.48. The van der Waals surface area contributed by atoms with Crippen LogP contribution in [-0.2, 0) is 4.79 Å². The number of hydrogen-bond acceptors (Lipinski definition) is 5. The average Bonchev–Trinajstić information content (AvgIpc) is 2.76. The average molecular weight is 389 g/mol. The van der Waals surface area contributed by atoms with Gasteiger partial charge in [-0.05, 0) is 53.3 Å². The molecule has 19 heavy (non-hydrogen) atoms. The number of benzene rings is 1. The number of carbonyl (C=O) groups is 1. The molecule has 1 amide bonds. The molecule has 1 aromatic carbocycles. The van der Waals surface area contributed by atoms with Gasteiger partial charge in [0.1, 0.15) is 6.33 Å². The molecule has 0 aliphatic rings. The van der Waals surface area contributed by atoms with Gasteiger partial charge in [-0.25, -0.2) is 4.68 Å². The lowest BCUT2D eigenvalue weighted by atomic mass is 10.2. The molecule has 0 bridgehead atoms. The van der Waals surface area contributed by atoms with Gasteiger partial charge in [0, 0.05) is 9.26 Å². The normalized spacial score (nSPS) is 10.4. The second-order valence-corrected chi connectivity index (χ2v) is 6.01. The van der Waals surface area contributed by atoms with Gasteiger partial charge in [-0.1, -0.05) is 11.8 Å². The highest BCUT2D eigenvalue weighted by Gasteiger charge is 2.08. The Bertz CT molecular complexity index is 601. The summed E-state index contributed by atoms with van der Waals surface area (Å²) in [5, 5.41) is 10.8. The fourth-order valence-corrected chi connectivity index (χ4v) is 2.70. The molecule has 8 heteroatoms. The zero-order chi connectivity index (χ0) is 13.8. The number of nitrogens with one attached hydrogen (secondary N) is 1. The first-order valence-corrected chi connectivity index (χ1v) is 7.46.